The van der Waals surface area contributed by atoms with Gasteiger partial charge in [0, 0.05) is 38.1 Å². The summed E-state index contributed by atoms with van der Waals surface area (Å²) in [7, 11) is 0. The van der Waals surface area contributed by atoms with Gasteiger partial charge in [-0.15, -0.1) is 0 Å². The number of hydrogen-bond acceptors (Lipinski definition) is 3. The molecule has 0 radical (unpaired) electrons. The fraction of sp³-hybridized carbons (Fsp3) is 0.667. The summed E-state index contributed by atoms with van der Waals surface area (Å²) in [6.07, 6.45) is 4.59. The van der Waals surface area contributed by atoms with Crippen molar-refractivity contribution in [1.29, 1.82) is 0 Å². The van der Waals surface area contributed by atoms with Crippen molar-refractivity contribution in [2.45, 2.75) is 45.2 Å². The third kappa shape index (κ3) is 3.61. The van der Waals surface area contributed by atoms with E-state index in [1.54, 1.807) is 0 Å². The predicted molar refractivity (Wildman–Crippen MR) is 100 cm³/mol. The Balaban J connectivity index is 1.35. The van der Waals surface area contributed by atoms with Crippen LogP contribution in [0, 0.1) is 11.3 Å². The zero-order chi connectivity index (χ0) is 17.3. The van der Waals surface area contributed by atoms with Crippen molar-refractivity contribution in [2.75, 3.05) is 32.7 Å². The largest absolute Gasteiger partial charge is 0.341 e. The Morgan fingerprint density at radius 2 is 1.92 bits per heavy atom. The number of rotatable bonds is 3. The molecule has 1 aliphatic carbocycles. The summed E-state index contributed by atoms with van der Waals surface area (Å²) in [5.74, 6) is 0.751. The van der Waals surface area contributed by atoms with Gasteiger partial charge in [-0.3, -0.25) is 9.69 Å². The Kier molecular flexibility index (Phi) is 4.83. The van der Waals surface area contributed by atoms with Crippen molar-refractivity contribution in [3.8, 4) is 0 Å². The van der Waals surface area contributed by atoms with Crippen LogP contribution in [0.1, 0.15) is 38.2 Å². The molecule has 3 fully saturated rings. The number of carbonyl (C=O) groups excluding carboxylic acids is 1. The quantitative estimate of drug-likeness (QED) is 0.917. The van der Waals surface area contributed by atoms with E-state index in [4.69, 9.17) is 0 Å². The average Bonchev–Trinajstić information content (AvgIpc) is 3.37. The lowest BCUT2D eigenvalue weighted by molar-refractivity contribution is -0.133. The van der Waals surface area contributed by atoms with E-state index in [9.17, 15) is 4.79 Å². The lowest BCUT2D eigenvalue weighted by Gasteiger charge is -2.27. The van der Waals surface area contributed by atoms with Crippen LogP contribution in [-0.4, -0.2) is 54.5 Å². The van der Waals surface area contributed by atoms with Crippen molar-refractivity contribution in [3.63, 3.8) is 0 Å². The number of carbonyl (C=O) groups is 1. The van der Waals surface area contributed by atoms with Gasteiger partial charge in [-0.25, -0.2) is 0 Å². The van der Waals surface area contributed by atoms with Crippen LogP contribution in [-0.2, 0) is 11.3 Å². The van der Waals surface area contributed by atoms with Crippen molar-refractivity contribution in [3.05, 3.63) is 35.9 Å². The summed E-state index contributed by atoms with van der Waals surface area (Å²) in [5, 5.41) is 3.43. The molecule has 1 N–H and O–H groups in total. The van der Waals surface area contributed by atoms with Gasteiger partial charge in [-0.05, 0) is 56.7 Å². The summed E-state index contributed by atoms with van der Waals surface area (Å²) >= 11 is 0. The van der Waals surface area contributed by atoms with Gasteiger partial charge in [-0.1, -0.05) is 30.3 Å². The number of piperidine rings is 1. The molecule has 25 heavy (non-hydrogen) atoms. The molecule has 1 aromatic rings. The smallest absolute Gasteiger partial charge is 0.226 e. The summed E-state index contributed by atoms with van der Waals surface area (Å²) in [6.45, 7) is 8.28. The van der Waals surface area contributed by atoms with Gasteiger partial charge in [0.25, 0.3) is 0 Å². The van der Waals surface area contributed by atoms with E-state index in [-0.39, 0.29) is 0 Å². The number of benzene rings is 1. The minimum absolute atomic E-state index is 0.311. The van der Waals surface area contributed by atoms with E-state index in [0.717, 1.165) is 52.1 Å². The normalized spacial score (nSPS) is 29.4. The van der Waals surface area contributed by atoms with Gasteiger partial charge in [-0.2, -0.15) is 0 Å². The highest BCUT2D eigenvalue weighted by Gasteiger charge is 2.58. The minimum atomic E-state index is 0.311. The van der Waals surface area contributed by atoms with Crippen LogP contribution >= 0.6 is 0 Å². The summed E-state index contributed by atoms with van der Waals surface area (Å²) in [6, 6.07) is 11.2. The molecule has 0 bridgehead atoms. The maximum Gasteiger partial charge on any atom is 0.226 e. The second-order valence-corrected chi connectivity index (χ2v) is 8.29. The Labute approximate surface area is 151 Å². The highest BCUT2D eigenvalue weighted by atomic mass is 16.2. The third-order valence-electron chi connectivity index (χ3n) is 6.72. The SMILES string of the molecule is CC1CCN(C(=O)C2CC23CCNCC3)CCN1Cc1ccccc1. The Bertz CT molecular complexity index is 596. The lowest BCUT2D eigenvalue weighted by Crippen LogP contribution is -2.39. The van der Waals surface area contributed by atoms with Crippen LogP contribution in [0.4, 0.5) is 0 Å². The van der Waals surface area contributed by atoms with Crippen molar-refractivity contribution >= 4 is 5.91 Å². The predicted octanol–water partition coefficient (Wildman–Crippen LogP) is 2.50. The van der Waals surface area contributed by atoms with Crippen molar-refractivity contribution in [1.82, 2.24) is 15.1 Å². The van der Waals surface area contributed by atoms with E-state index in [1.807, 2.05) is 0 Å². The standard InChI is InChI=1S/C21H31N3O/c1-17-7-12-23(13-14-24(17)16-18-5-3-2-4-6-18)20(25)19-15-21(19)8-10-22-11-9-21/h2-6,17,19,22H,7-16H2,1H3. The topological polar surface area (TPSA) is 35.6 Å². The highest BCUT2D eigenvalue weighted by molar-refractivity contribution is 5.82. The fourth-order valence-corrected chi connectivity index (χ4v) is 4.77. The summed E-state index contributed by atoms with van der Waals surface area (Å²) in [5.41, 5.74) is 1.72. The summed E-state index contributed by atoms with van der Waals surface area (Å²) in [4.78, 5) is 17.8. The molecule has 2 heterocycles. The van der Waals surface area contributed by atoms with Gasteiger partial charge < -0.3 is 10.2 Å². The Morgan fingerprint density at radius 3 is 2.68 bits per heavy atom. The molecule has 4 heteroatoms. The molecule has 4 rings (SSSR count). The van der Waals surface area contributed by atoms with Crippen LogP contribution in [0.15, 0.2) is 30.3 Å². The second kappa shape index (κ2) is 7.08. The van der Waals surface area contributed by atoms with E-state index in [1.165, 1.54) is 18.4 Å². The summed E-state index contributed by atoms with van der Waals surface area (Å²) < 4.78 is 0. The third-order valence-corrected chi connectivity index (χ3v) is 6.72. The molecule has 2 unspecified atom stereocenters. The molecule has 4 nitrogen and oxygen atoms in total. The minimum Gasteiger partial charge on any atom is -0.341 e. The van der Waals surface area contributed by atoms with Gasteiger partial charge in [0.05, 0.1) is 0 Å². The number of amides is 1. The lowest BCUT2D eigenvalue weighted by atomic mass is 9.91. The van der Waals surface area contributed by atoms with Crippen LogP contribution < -0.4 is 5.32 Å². The first kappa shape index (κ1) is 17.0. The van der Waals surface area contributed by atoms with Gasteiger partial charge >= 0.3 is 0 Å². The van der Waals surface area contributed by atoms with Crippen molar-refractivity contribution in [2.24, 2.45) is 11.3 Å². The maximum absolute atomic E-state index is 13.0. The molecule has 1 amide bonds. The monoisotopic (exact) mass is 341 g/mol. The molecule has 1 spiro atoms. The first-order valence-electron chi connectivity index (χ1n) is 9.95. The van der Waals surface area contributed by atoms with Crippen LogP contribution in [0.25, 0.3) is 0 Å². The van der Waals surface area contributed by atoms with Gasteiger partial charge in [0.2, 0.25) is 5.91 Å². The van der Waals surface area contributed by atoms with E-state index >= 15 is 0 Å². The first-order valence-corrected chi connectivity index (χ1v) is 9.95. The van der Waals surface area contributed by atoms with Gasteiger partial charge in [0.15, 0.2) is 0 Å². The van der Waals surface area contributed by atoms with Crippen LogP contribution in [0.5, 0.6) is 0 Å². The van der Waals surface area contributed by atoms with Gasteiger partial charge in [0.1, 0.15) is 0 Å². The molecule has 2 aliphatic heterocycles. The zero-order valence-corrected chi connectivity index (χ0v) is 15.4. The highest BCUT2D eigenvalue weighted by Crippen LogP contribution is 2.59. The molecule has 3 aliphatic rings. The molecule has 1 saturated carbocycles. The number of nitrogens with one attached hydrogen (secondary N) is 1. The first-order chi connectivity index (χ1) is 12.2. The Hall–Kier alpha value is -1.39. The second-order valence-electron chi connectivity index (χ2n) is 8.29. The molecular formula is C21H31N3O. The van der Waals surface area contributed by atoms with Crippen LogP contribution in [0.2, 0.25) is 0 Å². The zero-order valence-electron chi connectivity index (χ0n) is 15.4. The molecule has 2 saturated heterocycles. The molecular weight excluding hydrogens is 310 g/mol. The average molecular weight is 341 g/mol. The molecule has 2 atom stereocenters. The number of hydrogen-bond donors (Lipinski definition) is 1. The van der Waals surface area contributed by atoms with Crippen molar-refractivity contribution < 1.29 is 4.79 Å². The van der Waals surface area contributed by atoms with E-state index < -0.39 is 0 Å². The van der Waals surface area contributed by atoms with Crippen LogP contribution in [0.3, 0.4) is 0 Å². The number of nitrogens with zero attached hydrogens (tertiary/aromatic N) is 2. The van der Waals surface area contributed by atoms with E-state index in [2.05, 4.69) is 52.4 Å². The molecule has 0 aromatic heterocycles. The Morgan fingerprint density at radius 1 is 1.16 bits per heavy atom. The maximum atomic E-state index is 13.0. The molecule has 136 valence electrons. The van der Waals surface area contributed by atoms with E-state index in [0.29, 0.717) is 23.3 Å². The fourth-order valence-electron chi connectivity index (χ4n) is 4.77. The molecule has 1 aromatic carbocycles.